The number of carbonyl (C=O) groups excluding carboxylic acids is 1. The SMILES string of the molecule is COc1ncc(-c2nc(N3CCCCC3)nc3c(OC4CN(C(=O)C(C)C)C4)cc(F)cc23)cc1CS(C)(=O)=O. The summed E-state index contributed by atoms with van der Waals surface area (Å²) in [7, 11) is -1.96. The Kier molecular flexibility index (Phi) is 7.80. The number of hydrogen-bond donors (Lipinski definition) is 0. The van der Waals surface area contributed by atoms with Gasteiger partial charge in [-0.15, -0.1) is 0 Å². The Bertz CT molecular complexity index is 1540. The van der Waals surface area contributed by atoms with E-state index in [4.69, 9.17) is 19.4 Å². The molecular formula is C28H34FN5O5S. The predicted molar refractivity (Wildman–Crippen MR) is 150 cm³/mol. The largest absolute Gasteiger partial charge is 0.484 e. The molecule has 2 aliphatic rings. The van der Waals surface area contributed by atoms with Gasteiger partial charge in [-0.1, -0.05) is 13.8 Å². The van der Waals surface area contributed by atoms with Gasteiger partial charge in [0.05, 0.1) is 31.6 Å². The Labute approximate surface area is 233 Å². The third-order valence-corrected chi connectivity index (χ3v) is 7.95. The molecular weight excluding hydrogens is 537 g/mol. The molecule has 214 valence electrons. The van der Waals surface area contributed by atoms with E-state index in [9.17, 15) is 13.2 Å². The topological polar surface area (TPSA) is 115 Å². The van der Waals surface area contributed by atoms with E-state index < -0.39 is 15.7 Å². The Morgan fingerprint density at radius 1 is 1.12 bits per heavy atom. The summed E-state index contributed by atoms with van der Waals surface area (Å²) in [6, 6.07) is 4.34. The van der Waals surface area contributed by atoms with Gasteiger partial charge in [0, 0.05) is 54.0 Å². The van der Waals surface area contributed by atoms with Crippen LogP contribution in [-0.4, -0.2) is 79.8 Å². The van der Waals surface area contributed by atoms with Crippen LogP contribution in [0.5, 0.6) is 11.6 Å². The highest BCUT2D eigenvalue weighted by molar-refractivity contribution is 7.89. The lowest BCUT2D eigenvalue weighted by Gasteiger charge is -2.40. The van der Waals surface area contributed by atoms with Crippen molar-refractivity contribution in [3.05, 3.63) is 35.8 Å². The van der Waals surface area contributed by atoms with E-state index >= 15 is 4.39 Å². The van der Waals surface area contributed by atoms with Gasteiger partial charge in [-0.3, -0.25) is 4.79 Å². The maximum absolute atomic E-state index is 15.0. The Hall–Kier alpha value is -3.54. The molecule has 0 N–H and O–H groups in total. The van der Waals surface area contributed by atoms with Crippen LogP contribution in [0.25, 0.3) is 22.2 Å². The predicted octanol–water partition coefficient (Wildman–Crippen LogP) is 3.62. The maximum Gasteiger partial charge on any atom is 0.226 e. The fourth-order valence-electron chi connectivity index (χ4n) is 5.13. The number of hydrogen-bond acceptors (Lipinski definition) is 9. The zero-order valence-corrected chi connectivity index (χ0v) is 24.0. The molecule has 12 heteroatoms. The number of piperidine rings is 1. The molecule has 0 atom stereocenters. The summed E-state index contributed by atoms with van der Waals surface area (Å²) in [5.41, 5.74) is 1.76. The molecule has 4 heterocycles. The smallest absolute Gasteiger partial charge is 0.226 e. The van der Waals surface area contributed by atoms with Crippen molar-refractivity contribution in [1.29, 1.82) is 0 Å². The van der Waals surface area contributed by atoms with Crippen molar-refractivity contribution in [2.45, 2.75) is 45.0 Å². The highest BCUT2D eigenvalue weighted by Crippen LogP contribution is 2.37. The summed E-state index contributed by atoms with van der Waals surface area (Å²) in [6.45, 7) is 6.13. The van der Waals surface area contributed by atoms with Gasteiger partial charge in [0.1, 0.15) is 23.2 Å². The molecule has 1 aromatic carbocycles. The Balaban J connectivity index is 1.61. The zero-order valence-electron chi connectivity index (χ0n) is 23.2. The summed E-state index contributed by atoms with van der Waals surface area (Å²) >= 11 is 0. The van der Waals surface area contributed by atoms with Crippen LogP contribution in [0.4, 0.5) is 10.3 Å². The number of amides is 1. The lowest BCUT2D eigenvalue weighted by atomic mass is 10.0. The minimum absolute atomic E-state index is 0.0536. The van der Waals surface area contributed by atoms with E-state index in [0.717, 1.165) is 38.6 Å². The van der Waals surface area contributed by atoms with Gasteiger partial charge in [-0.05, 0) is 31.4 Å². The van der Waals surface area contributed by atoms with E-state index in [0.29, 0.717) is 46.8 Å². The molecule has 10 nitrogen and oxygen atoms in total. The average molecular weight is 572 g/mol. The van der Waals surface area contributed by atoms with Crippen LogP contribution in [0, 0.1) is 11.7 Å². The number of sulfone groups is 1. The molecule has 0 bridgehead atoms. The number of anilines is 1. The minimum atomic E-state index is -3.39. The lowest BCUT2D eigenvalue weighted by molar-refractivity contribution is -0.143. The average Bonchev–Trinajstić information content (AvgIpc) is 2.89. The van der Waals surface area contributed by atoms with E-state index in [1.807, 2.05) is 13.8 Å². The number of fused-ring (bicyclic) bond motifs is 1. The second kappa shape index (κ2) is 11.1. The van der Waals surface area contributed by atoms with Gasteiger partial charge in [-0.2, -0.15) is 0 Å². The number of carbonyl (C=O) groups is 1. The summed E-state index contributed by atoms with van der Waals surface area (Å²) in [6.07, 6.45) is 5.54. The van der Waals surface area contributed by atoms with E-state index in [1.54, 1.807) is 17.2 Å². The van der Waals surface area contributed by atoms with Crippen molar-refractivity contribution in [3.63, 3.8) is 0 Å². The number of rotatable bonds is 8. The summed E-state index contributed by atoms with van der Waals surface area (Å²) < 4.78 is 50.8. The Morgan fingerprint density at radius 2 is 1.85 bits per heavy atom. The van der Waals surface area contributed by atoms with Gasteiger partial charge in [0.25, 0.3) is 0 Å². The summed E-state index contributed by atoms with van der Waals surface area (Å²) in [4.78, 5) is 30.1. The van der Waals surface area contributed by atoms with Gasteiger partial charge >= 0.3 is 0 Å². The van der Waals surface area contributed by atoms with Crippen LogP contribution in [0.3, 0.4) is 0 Å². The number of benzene rings is 1. The summed E-state index contributed by atoms with van der Waals surface area (Å²) in [5.74, 6) is 0.118. The number of likely N-dealkylation sites (tertiary alicyclic amines) is 1. The molecule has 0 spiro atoms. The van der Waals surface area contributed by atoms with Crippen LogP contribution >= 0.6 is 0 Å². The van der Waals surface area contributed by atoms with Crippen molar-refractivity contribution >= 4 is 32.6 Å². The van der Waals surface area contributed by atoms with E-state index in [1.165, 1.54) is 19.2 Å². The van der Waals surface area contributed by atoms with Gasteiger partial charge in [-0.25, -0.2) is 27.8 Å². The van der Waals surface area contributed by atoms with Crippen molar-refractivity contribution in [2.75, 3.05) is 44.4 Å². The molecule has 5 rings (SSSR count). The molecule has 0 radical (unpaired) electrons. The zero-order chi connectivity index (χ0) is 28.6. The fraction of sp³-hybridized carbons (Fsp3) is 0.500. The fourth-order valence-corrected chi connectivity index (χ4v) is 5.91. The molecule has 2 aromatic heterocycles. The molecule has 0 unspecified atom stereocenters. The van der Waals surface area contributed by atoms with Crippen molar-refractivity contribution in [3.8, 4) is 22.9 Å². The maximum atomic E-state index is 15.0. The number of halogens is 1. The first kappa shape index (κ1) is 28.0. The second-order valence-corrected chi connectivity index (χ2v) is 13.0. The molecule has 3 aromatic rings. The number of aromatic nitrogens is 3. The third-order valence-electron chi connectivity index (χ3n) is 7.11. The molecule has 2 saturated heterocycles. The van der Waals surface area contributed by atoms with Gasteiger partial charge in [0.2, 0.25) is 17.7 Å². The summed E-state index contributed by atoms with van der Waals surface area (Å²) in [5, 5.41) is 0.419. The minimum Gasteiger partial charge on any atom is -0.484 e. The molecule has 0 saturated carbocycles. The first-order valence-electron chi connectivity index (χ1n) is 13.4. The van der Waals surface area contributed by atoms with Crippen LogP contribution in [0.2, 0.25) is 0 Å². The lowest BCUT2D eigenvalue weighted by Crippen LogP contribution is -2.57. The normalized spacial score (nSPS) is 16.4. The number of methoxy groups -OCH3 is 1. The van der Waals surface area contributed by atoms with Crippen molar-refractivity contribution < 1.29 is 27.1 Å². The van der Waals surface area contributed by atoms with Crippen molar-refractivity contribution in [2.24, 2.45) is 5.92 Å². The highest BCUT2D eigenvalue weighted by Gasteiger charge is 2.34. The molecule has 1 amide bonds. The van der Waals surface area contributed by atoms with E-state index in [2.05, 4.69) is 9.88 Å². The number of ether oxygens (including phenoxy) is 2. The van der Waals surface area contributed by atoms with Gasteiger partial charge in [0.15, 0.2) is 9.84 Å². The van der Waals surface area contributed by atoms with Gasteiger partial charge < -0.3 is 19.3 Å². The molecule has 40 heavy (non-hydrogen) atoms. The quantitative estimate of drug-likeness (QED) is 0.400. The highest BCUT2D eigenvalue weighted by atomic mass is 32.2. The Morgan fingerprint density at radius 3 is 2.50 bits per heavy atom. The van der Waals surface area contributed by atoms with Crippen LogP contribution in [0.1, 0.15) is 38.7 Å². The molecule has 2 fully saturated rings. The third kappa shape index (κ3) is 5.96. The first-order chi connectivity index (χ1) is 19.0. The molecule has 0 aliphatic carbocycles. The molecule has 2 aliphatic heterocycles. The monoisotopic (exact) mass is 571 g/mol. The van der Waals surface area contributed by atoms with Crippen LogP contribution in [0.15, 0.2) is 24.4 Å². The second-order valence-electron chi connectivity index (χ2n) is 10.8. The first-order valence-corrected chi connectivity index (χ1v) is 15.5. The standard InChI is InChI=1S/C28H34FN5O5S/c1-17(2)27(35)34-14-21(15-34)39-23-12-20(29)11-22-24(31-28(32-25(22)23)33-8-6-5-7-9-33)18-10-19(16-40(4,36)37)26(38-3)30-13-18/h10-13,17,21H,5-9,14-16H2,1-4H3. The van der Waals surface area contributed by atoms with Crippen LogP contribution < -0.4 is 14.4 Å². The number of nitrogens with zero attached hydrogens (tertiary/aromatic N) is 5. The number of pyridine rings is 1. The van der Waals surface area contributed by atoms with E-state index in [-0.39, 0.29) is 35.3 Å². The van der Waals surface area contributed by atoms with Crippen LogP contribution in [-0.2, 0) is 20.4 Å². The van der Waals surface area contributed by atoms with Crippen molar-refractivity contribution in [1.82, 2.24) is 19.9 Å².